The Labute approximate surface area is 203 Å². The number of ether oxygens (including phenoxy) is 2. The summed E-state index contributed by atoms with van der Waals surface area (Å²) in [5, 5.41) is 0.662. The predicted molar refractivity (Wildman–Crippen MR) is 137 cm³/mol. The van der Waals surface area contributed by atoms with E-state index in [1.165, 1.54) is 11.3 Å². The summed E-state index contributed by atoms with van der Waals surface area (Å²) in [6.07, 6.45) is 0. The maximum absolute atomic E-state index is 13.6. The average molecular weight is 484 g/mol. The fraction of sp³-hybridized carbons (Fsp3) is 0.200. The van der Waals surface area contributed by atoms with E-state index in [2.05, 4.69) is 0 Å². The minimum atomic E-state index is -0.114. The number of thiazole rings is 1. The van der Waals surface area contributed by atoms with Crippen molar-refractivity contribution in [3.05, 3.63) is 78.4 Å². The summed E-state index contributed by atoms with van der Waals surface area (Å²) < 4.78 is 12.2. The Balaban J connectivity index is 0.00000306. The number of anilines is 1. The fourth-order valence-corrected chi connectivity index (χ4v) is 4.16. The fourth-order valence-electron chi connectivity index (χ4n) is 3.19. The van der Waals surface area contributed by atoms with Gasteiger partial charge in [-0.2, -0.15) is 0 Å². The third-order valence-corrected chi connectivity index (χ3v) is 5.95. The van der Waals surface area contributed by atoms with Gasteiger partial charge in [0, 0.05) is 24.7 Å². The van der Waals surface area contributed by atoms with Crippen LogP contribution in [0.5, 0.6) is 17.2 Å². The molecule has 172 valence electrons. The number of amides is 1. The normalized spacial score (nSPS) is 10.7. The quantitative estimate of drug-likeness (QED) is 0.320. The van der Waals surface area contributed by atoms with Gasteiger partial charge in [0.25, 0.3) is 5.91 Å². The van der Waals surface area contributed by atoms with Crippen LogP contribution in [0.25, 0.3) is 10.2 Å². The number of para-hydroxylation sites is 1. The van der Waals surface area contributed by atoms with Gasteiger partial charge in [-0.3, -0.25) is 9.69 Å². The summed E-state index contributed by atoms with van der Waals surface area (Å²) in [7, 11) is 5.60. The smallest absolute Gasteiger partial charge is 0.260 e. The molecule has 0 aliphatic rings. The lowest BCUT2D eigenvalue weighted by Crippen LogP contribution is -2.36. The molecule has 1 heterocycles. The third kappa shape index (κ3) is 6.01. The van der Waals surface area contributed by atoms with E-state index in [0.717, 1.165) is 21.7 Å². The second-order valence-corrected chi connectivity index (χ2v) is 8.54. The summed E-state index contributed by atoms with van der Waals surface area (Å²) in [5.74, 6) is 1.97. The largest absolute Gasteiger partial charge is 0.497 e. The highest BCUT2D eigenvalue weighted by Gasteiger charge is 2.22. The van der Waals surface area contributed by atoms with Gasteiger partial charge >= 0.3 is 0 Å². The number of aromatic nitrogens is 1. The Hall–Kier alpha value is -3.13. The highest BCUT2D eigenvalue weighted by atomic mass is 35.5. The number of hydrogen-bond donors (Lipinski definition) is 0. The molecule has 0 fully saturated rings. The van der Waals surface area contributed by atoms with Gasteiger partial charge in [-0.1, -0.05) is 35.6 Å². The second-order valence-electron chi connectivity index (χ2n) is 7.53. The summed E-state index contributed by atoms with van der Waals surface area (Å²) in [4.78, 5) is 22.1. The van der Waals surface area contributed by atoms with Crippen LogP contribution in [0, 0.1) is 0 Å². The number of fused-ring (bicyclic) bond motifs is 1. The van der Waals surface area contributed by atoms with E-state index >= 15 is 0 Å². The number of carbonyl (C=O) groups is 1. The lowest BCUT2D eigenvalue weighted by molar-refractivity contribution is 0.0985. The zero-order valence-electron chi connectivity index (χ0n) is 18.7. The van der Waals surface area contributed by atoms with Gasteiger partial charge in [-0.25, -0.2) is 4.98 Å². The third-order valence-electron chi connectivity index (χ3n) is 4.89. The standard InChI is InChI=1S/C25H25N3O3S.ClH/c1-27(2)14-15-28(25-26-22-17-20(30-3)12-13-23(22)32-25)24(29)18-8-7-11-21(16-18)31-19-9-5-4-6-10-19;/h4-13,16-17H,14-15H2,1-3H3;1H. The highest BCUT2D eigenvalue weighted by Crippen LogP contribution is 2.32. The van der Waals surface area contributed by atoms with Gasteiger partial charge in [-0.15, -0.1) is 12.4 Å². The number of carbonyl (C=O) groups excluding carboxylic acids is 1. The summed E-state index contributed by atoms with van der Waals surface area (Å²) >= 11 is 1.49. The van der Waals surface area contributed by atoms with Crippen molar-refractivity contribution < 1.29 is 14.3 Å². The Morgan fingerprint density at radius 1 is 0.909 bits per heavy atom. The number of methoxy groups -OCH3 is 1. The van der Waals surface area contributed by atoms with Crippen molar-refractivity contribution in [1.29, 1.82) is 0 Å². The Kier molecular flexibility index (Phi) is 8.27. The number of hydrogen-bond acceptors (Lipinski definition) is 6. The van der Waals surface area contributed by atoms with Crippen LogP contribution in [-0.2, 0) is 0 Å². The number of benzene rings is 3. The van der Waals surface area contributed by atoms with E-state index in [1.54, 1.807) is 24.1 Å². The summed E-state index contributed by atoms with van der Waals surface area (Å²) in [6, 6.07) is 22.5. The minimum absolute atomic E-state index is 0. The molecule has 1 amide bonds. The SMILES string of the molecule is COc1ccc2sc(N(CCN(C)C)C(=O)c3cccc(Oc4ccccc4)c3)nc2c1.Cl. The first kappa shape index (κ1) is 24.5. The molecule has 8 heteroatoms. The van der Waals surface area contributed by atoms with Gasteiger partial charge in [0.05, 0.1) is 17.3 Å². The summed E-state index contributed by atoms with van der Waals surface area (Å²) in [5.41, 5.74) is 1.36. The van der Waals surface area contributed by atoms with Crippen molar-refractivity contribution >= 4 is 45.0 Å². The molecule has 4 aromatic rings. The van der Waals surface area contributed by atoms with E-state index in [1.807, 2.05) is 79.7 Å². The van der Waals surface area contributed by atoms with Crippen LogP contribution < -0.4 is 14.4 Å². The molecule has 0 spiro atoms. The average Bonchev–Trinajstić information content (AvgIpc) is 3.22. The number of halogens is 1. The second kappa shape index (κ2) is 11.1. The molecule has 0 bridgehead atoms. The van der Waals surface area contributed by atoms with Crippen molar-refractivity contribution in [3.63, 3.8) is 0 Å². The molecule has 0 aliphatic heterocycles. The maximum Gasteiger partial charge on any atom is 0.260 e. The van der Waals surface area contributed by atoms with Crippen molar-refractivity contribution in [1.82, 2.24) is 9.88 Å². The van der Waals surface area contributed by atoms with E-state index in [0.29, 0.717) is 29.5 Å². The van der Waals surface area contributed by atoms with E-state index in [-0.39, 0.29) is 18.3 Å². The highest BCUT2D eigenvalue weighted by molar-refractivity contribution is 7.22. The molecule has 3 aromatic carbocycles. The lowest BCUT2D eigenvalue weighted by Gasteiger charge is -2.22. The molecule has 0 radical (unpaired) electrons. The van der Waals surface area contributed by atoms with E-state index in [4.69, 9.17) is 14.5 Å². The first-order valence-electron chi connectivity index (χ1n) is 10.3. The van der Waals surface area contributed by atoms with Crippen LogP contribution in [0.2, 0.25) is 0 Å². The first-order valence-corrected chi connectivity index (χ1v) is 11.1. The molecule has 0 unspecified atom stereocenters. The van der Waals surface area contributed by atoms with Gasteiger partial charge in [0.15, 0.2) is 5.13 Å². The van der Waals surface area contributed by atoms with Crippen LogP contribution in [0.15, 0.2) is 72.8 Å². The Bertz CT molecular complexity index is 1210. The van der Waals surface area contributed by atoms with Crippen LogP contribution >= 0.6 is 23.7 Å². The van der Waals surface area contributed by atoms with Gasteiger partial charge < -0.3 is 14.4 Å². The number of rotatable bonds is 8. The van der Waals surface area contributed by atoms with E-state index < -0.39 is 0 Å². The van der Waals surface area contributed by atoms with Gasteiger partial charge in [-0.05, 0) is 56.6 Å². The van der Waals surface area contributed by atoms with Crippen LogP contribution in [0.3, 0.4) is 0 Å². The molecule has 33 heavy (non-hydrogen) atoms. The topological polar surface area (TPSA) is 54.9 Å². The molecule has 4 rings (SSSR count). The molecule has 0 atom stereocenters. The number of nitrogens with zero attached hydrogens (tertiary/aromatic N) is 3. The zero-order valence-corrected chi connectivity index (χ0v) is 20.4. The summed E-state index contributed by atoms with van der Waals surface area (Å²) in [6.45, 7) is 1.23. The molecule has 0 saturated heterocycles. The molecule has 0 N–H and O–H groups in total. The van der Waals surface area contributed by atoms with Crippen molar-refractivity contribution in [2.45, 2.75) is 0 Å². The number of likely N-dealkylation sites (N-methyl/N-ethyl adjacent to an activating group) is 1. The van der Waals surface area contributed by atoms with Crippen LogP contribution in [0.4, 0.5) is 5.13 Å². The zero-order chi connectivity index (χ0) is 22.5. The maximum atomic E-state index is 13.6. The molecule has 1 aromatic heterocycles. The first-order chi connectivity index (χ1) is 15.5. The van der Waals surface area contributed by atoms with Crippen molar-refractivity contribution in [3.8, 4) is 17.2 Å². The van der Waals surface area contributed by atoms with Crippen molar-refractivity contribution in [2.75, 3.05) is 39.2 Å². The van der Waals surface area contributed by atoms with Crippen LogP contribution in [0.1, 0.15) is 10.4 Å². The van der Waals surface area contributed by atoms with Gasteiger partial charge in [0.2, 0.25) is 0 Å². The van der Waals surface area contributed by atoms with Crippen molar-refractivity contribution in [2.24, 2.45) is 0 Å². The van der Waals surface area contributed by atoms with Gasteiger partial charge in [0.1, 0.15) is 17.2 Å². The Morgan fingerprint density at radius 3 is 2.39 bits per heavy atom. The Morgan fingerprint density at radius 2 is 1.67 bits per heavy atom. The minimum Gasteiger partial charge on any atom is -0.497 e. The van der Waals surface area contributed by atoms with E-state index in [9.17, 15) is 4.79 Å². The molecular weight excluding hydrogens is 458 g/mol. The molecule has 0 saturated carbocycles. The molecular formula is C25H26ClN3O3S. The molecule has 6 nitrogen and oxygen atoms in total. The monoisotopic (exact) mass is 483 g/mol. The predicted octanol–water partition coefficient (Wildman–Crippen LogP) is 5.73. The lowest BCUT2D eigenvalue weighted by atomic mass is 10.2. The van der Waals surface area contributed by atoms with Crippen LogP contribution in [-0.4, -0.2) is 50.1 Å². The molecule has 0 aliphatic carbocycles.